The number of aromatic nitrogens is 1. The van der Waals surface area contributed by atoms with E-state index in [9.17, 15) is 8.78 Å². The molecule has 0 saturated carbocycles. The number of alkyl halides is 2. The number of pyridine rings is 1. The first-order valence-electron chi connectivity index (χ1n) is 5.38. The second kappa shape index (κ2) is 5.78. The van der Waals surface area contributed by atoms with Gasteiger partial charge in [0, 0.05) is 18.3 Å². The fraction of sp³-hybridized carbons (Fsp3) is 0.154. The Morgan fingerprint density at radius 1 is 1.22 bits per heavy atom. The summed E-state index contributed by atoms with van der Waals surface area (Å²) in [4.78, 5) is 3.92. The minimum Gasteiger partial charge on any atom is -0.378 e. The Morgan fingerprint density at radius 2 is 2.06 bits per heavy atom. The first-order chi connectivity index (χ1) is 8.66. The third kappa shape index (κ3) is 3.17. The van der Waals surface area contributed by atoms with Gasteiger partial charge in [0.15, 0.2) is 5.15 Å². The molecule has 94 valence electrons. The zero-order valence-electron chi connectivity index (χ0n) is 9.41. The van der Waals surface area contributed by atoms with Gasteiger partial charge < -0.3 is 5.32 Å². The molecule has 0 aliphatic heterocycles. The molecule has 5 heteroatoms. The normalized spacial score (nSPS) is 10.7. The highest BCUT2D eigenvalue weighted by molar-refractivity contribution is 6.31. The third-order valence-corrected chi connectivity index (χ3v) is 2.75. The summed E-state index contributed by atoms with van der Waals surface area (Å²) in [5.41, 5.74) is 1.47. The molecular weight excluding hydrogens is 258 g/mol. The predicted molar refractivity (Wildman–Crippen MR) is 68.0 cm³/mol. The van der Waals surface area contributed by atoms with Crippen LogP contribution in [0.25, 0.3) is 0 Å². The van der Waals surface area contributed by atoms with E-state index < -0.39 is 6.43 Å². The van der Waals surface area contributed by atoms with E-state index in [1.165, 1.54) is 12.1 Å². The molecule has 0 fully saturated rings. The van der Waals surface area contributed by atoms with Crippen LogP contribution in [0, 0.1) is 0 Å². The van der Waals surface area contributed by atoms with Gasteiger partial charge in [0.05, 0.1) is 5.69 Å². The van der Waals surface area contributed by atoms with E-state index in [4.69, 9.17) is 11.6 Å². The van der Waals surface area contributed by atoms with Crippen molar-refractivity contribution < 1.29 is 8.78 Å². The third-order valence-electron chi connectivity index (χ3n) is 2.45. The van der Waals surface area contributed by atoms with Crippen molar-refractivity contribution >= 4 is 17.3 Å². The highest BCUT2D eigenvalue weighted by Gasteiger charge is 2.07. The minimum atomic E-state index is -2.45. The number of hydrogen-bond donors (Lipinski definition) is 1. The van der Waals surface area contributed by atoms with E-state index in [0.717, 1.165) is 5.56 Å². The van der Waals surface area contributed by atoms with Gasteiger partial charge in [-0.3, -0.25) is 0 Å². The fourth-order valence-electron chi connectivity index (χ4n) is 1.55. The van der Waals surface area contributed by atoms with Crippen LogP contribution in [0.4, 0.5) is 14.5 Å². The number of anilines is 1. The summed E-state index contributed by atoms with van der Waals surface area (Å²) in [5, 5.41) is 3.42. The van der Waals surface area contributed by atoms with Gasteiger partial charge in [-0.05, 0) is 23.8 Å². The second-order valence-electron chi connectivity index (χ2n) is 3.74. The standard InChI is InChI=1S/C13H11ClF2N2/c14-12-11(5-2-6-17-12)18-8-9-3-1-4-10(7-9)13(15)16/h1-7,13,18H,8H2. The maximum atomic E-state index is 12.5. The minimum absolute atomic E-state index is 0.0200. The van der Waals surface area contributed by atoms with Crippen LogP contribution in [0.1, 0.15) is 17.6 Å². The molecule has 0 bridgehead atoms. The maximum absolute atomic E-state index is 12.5. The van der Waals surface area contributed by atoms with Gasteiger partial charge in [0.2, 0.25) is 0 Å². The quantitative estimate of drug-likeness (QED) is 0.837. The predicted octanol–water partition coefficient (Wildman–Crippen LogP) is 4.28. The van der Waals surface area contributed by atoms with Gasteiger partial charge in [-0.15, -0.1) is 0 Å². The largest absolute Gasteiger partial charge is 0.378 e. The number of nitrogens with zero attached hydrogens (tertiary/aromatic N) is 1. The highest BCUT2D eigenvalue weighted by Crippen LogP contribution is 2.21. The summed E-state index contributed by atoms with van der Waals surface area (Å²) in [5.74, 6) is 0. The van der Waals surface area contributed by atoms with Crippen molar-refractivity contribution in [2.45, 2.75) is 13.0 Å². The number of hydrogen-bond acceptors (Lipinski definition) is 2. The average molecular weight is 269 g/mol. The highest BCUT2D eigenvalue weighted by atomic mass is 35.5. The summed E-state index contributed by atoms with van der Waals surface area (Å²) in [6.07, 6.45) is -0.864. The van der Waals surface area contributed by atoms with Crippen LogP contribution in [-0.4, -0.2) is 4.98 Å². The molecule has 0 radical (unpaired) electrons. The summed E-state index contributed by atoms with van der Waals surface area (Å²) < 4.78 is 25.0. The van der Waals surface area contributed by atoms with Crippen LogP contribution in [0.15, 0.2) is 42.6 Å². The Morgan fingerprint density at radius 3 is 2.78 bits per heavy atom. The summed E-state index contributed by atoms with van der Waals surface area (Å²) in [6.45, 7) is 0.423. The summed E-state index contributed by atoms with van der Waals surface area (Å²) in [6, 6.07) is 9.82. The van der Waals surface area contributed by atoms with Gasteiger partial charge in [0.1, 0.15) is 0 Å². The van der Waals surface area contributed by atoms with E-state index in [1.54, 1.807) is 30.5 Å². The molecule has 0 aliphatic carbocycles. The monoisotopic (exact) mass is 268 g/mol. The molecule has 0 amide bonds. The topological polar surface area (TPSA) is 24.9 Å². The molecule has 2 nitrogen and oxygen atoms in total. The molecule has 2 aromatic rings. The molecule has 2 rings (SSSR count). The lowest BCUT2D eigenvalue weighted by molar-refractivity contribution is 0.151. The van der Waals surface area contributed by atoms with E-state index in [0.29, 0.717) is 17.4 Å². The molecule has 1 heterocycles. The van der Waals surface area contributed by atoms with Crippen molar-refractivity contribution in [3.63, 3.8) is 0 Å². The first kappa shape index (κ1) is 12.8. The fourth-order valence-corrected chi connectivity index (χ4v) is 1.74. The van der Waals surface area contributed by atoms with Gasteiger partial charge in [-0.2, -0.15) is 0 Å². The van der Waals surface area contributed by atoms with Crippen LogP contribution >= 0.6 is 11.6 Å². The lowest BCUT2D eigenvalue weighted by atomic mass is 10.1. The molecule has 1 N–H and O–H groups in total. The molecule has 0 spiro atoms. The zero-order chi connectivity index (χ0) is 13.0. The van der Waals surface area contributed by atoms with Crippen LogP contribution in [0.5, 0.6) is 0 Å². The zero-order valence-corrected chi connectivity index (χ0v) is 10.2. The van der Waals surface area contributed by atoms with Gasteiger partial charge >= 0.3 is 0 Å². The molecule has 0 unspecified atom stereocenters. The molecule has 0 atom stereocenters. The van der Waals surface area contributed by atoms with Crippen LogP contribution in [0.3, 0.4) is 0 Å². The van der Waals surface area contributed by atoms with Crippen LogP contribution < -0.4 is 5.32 Å². The lowest BCUT2D eigenvalue weighted by Crippen LogP contribution is -2.01. The van der Waals surface area contributed by atoms with Gasteiger partial charge in [-0.1, -0.05) is 29.8 Å². The van der Waals surface area contributed by atoms with Gasteiger partial charge in [0.25, 0.3) is 6.43 Å². The van der Waals surface area contributed by atoms with Crippen molar-refractivity contribution in [2.24, 2.45) is 0 Å². The summed E-state index contributed by atoms with van der Waals surface area (Å²) >= 11 is 5.88. The van der Waals surface area contributed by atoms with Crippen LogP contribution in [-0.2, 0) is 6.54 Å². The smallest absolute Gasteiger partial charge is 0.263 e. The second-order valence-corrected chi connectivity index (χ2v) is 4.10. The van der Waals surface area contributed by atoms with Crippen molar-refractivity contribution in [2.75, 3.05) is 5.32 Å². The van der Waals surface area contributed by atoms with Crippen LogP contribution in [0.2, 0.25) is 5.15 Å². The number of nitrogens with one attached hydrogen (secondary N) is 1. The summed E-state index contributed by atoms with van der Waals surface area (Å²) in [7, 11) is 0. The van der Waals surface area contributed by atoms with E-state index >= 15 is 0 Å². The first-order valence-corrected chi connectivity index (χ1v) is 5.76. The van der Waals surface area contributed by atoms with Crippen molar-refractivity contribution in [1.29, 1.82) is 0 Å². The Bertz CT molecular complexity index is 532. The van der Waals surface area contributed by atoms with Crippen molar-refractivity contribution in [3.05, 3.63) is 58.9 Å². The Balaban J connectivity index is 2.07. The Hall–Kier alpha value is -1.68. The molecule has 1 aromatic heterocycles. The Labute approximate surface area is 109 Å². The van der Waals surface area contributed by atoms with Crippen molar-refractivity contribution in [1.82, 2.24) is 4.98 Å². The molecule has 0 saturated heterocycles. The SMILES string of the molecule is FC(F)c1cccc(CNc2cccnc2Cl)c1. The molecule has 0 aliphatic rings. The number of halogens is 3. The van der Waals surface area contributed by atoms with E-state index in [2.05, 4.69) is 10.3 Å². The van der Waals surface area contributed by atoms with Gasteiger partial charge in [-0.25, -0.2) is 13.8 Å². The number of benzene rings is 1. The Kier molecular flexibility index (Phi) is 4.10. The molecule has 1 aromatic carbocycles. The van der Waals surface area contributed by atoms with Crippen molar-refractivity contribution in [3.8, 4) is 0 Å². The lowest BCUT2D eigenvalue weighted by Gasteiger charge is -2.08. The number of rotatable bonds is 4. The molecular formula is C13H11ClF2N2. The molecule has 18 heavy (non-hydrogen) atoms. The average Bonchev–Trinajstić information content (AvgIpc) is 2.38. The maximum Gasteiger partial charge on any atom is 0.263 e. The van der Waals surface area contributed by atoms with E-state index in [-0.39, 0.29) is 5.56 Å². The van der Waals surface area contributed by atoms with E-state index in [1.807, 2.05) is 0 Å².